The number of rotatable bonds is 5. The van der Waals surface area contributed by atoms with Gasteiger partial charge in [0.25, 0.3) is 0 Å². The van der Waals surface area contributed by atoms with Crippen molar-refractivity contribution in [2.24, 2.45) is 0 Å². The van der Waals surface area contributed by atoms with Gasteiger partial charge in [-0.1, -0.05) is 165 Å². The van der Waals surface area contributed by atoms with Crippen LogP contribution in [0.4, 0.5) is 0 Å². The van der Waals surface area contributed by atoms with Crippen LogP contribution in [0.5, 0.6) is 0 Å². The summed E-state index contributed by atoms with van der Waals surface area (Å²) in [5.74, 6) is 0.738. The van der Waals surface area contributed by atoms with E-state index < -0.39 is 8.07 Å². The molecule has 0 spiro atoms. The maximum absolute atomic E-state index is 5.39. The normalized spacial score (nSPS) is 12.9. The molecule has 1 aliphatic rings. The number of benzene rings is 7. The molecule has 8 aromatic rings. The number of nitrogens with zero attached hydrogens (tertiary/aromatic N) is 2. The Kier molecular flexibility index (Phi) is 6.96. The highest BCUT2D eigenvalue weighted by Crippen LogP contribution is 2.40. The Labute approximate surface area is 288 Å². The molecule has 0 radical (unpaired) electrons. The Morgan fingerprint density at radius 3 is 1.63 bits per heavy atom. The molecule has 3 heteroatoms. The van der Waals surface area contributed by atoms with E-state index in [1.165, 1.54) is 43.8 Å². The molecule has 0 saturated heterocycles. The molecule has 0 atom stereocenters. The second-order valence-corrected chi connectivity index (χ2v) is 17.7. The van der Waals surface area contributed by atoms with Crippen molar-refractivity contribution in [1.82, 2.24) is 9.97 Å². The van der Waals surface area contributed by atoms with Crippen LogP contribution in [0.25, 0.3) is 78.1 Å². The third-order valence-corrected chi connectivity index (χ3v) is 13.6. The lowest BCUT2D eigenvalue weighted by atomic mass is 9.92. The van der Waals surface area contributed by atoms with E-state index in [2.05, 4.69) is 183 Å². The summed E-state index contributed by atoms with van der Waals surface area (Å²) in [5.41, 5.74) is 13.9. The summed E-state index contributed by atoms with van der Waals surface area (Å²) in [6.45, 7) is 4.92. The molecule has 7 aromatic carbocycles. The number of hydrogen-bond acceptors (Lipinski definition) is 2. The van der Waals surface area contributed by atoms with Crippen LogP contribution in [0, 0.1) is 0 Å². The van der Waals surface area contributed by atoms with Crippen LogP contribution < -0.4 is 10.4 Å². The molecular formula is C46H34N2Si. The zero-order valence-electron chi connectivity index (χ0n) is 27.6. The van der Waals surface area contributed by atoms with Crippen molar-refractivity contribution in [3.05, 3.63) is 170 Å². The standard InChI is InChI=1S/C46H34N2Si/c1-49(2)41-26-12-11-25-39(41)43-42(49)28-27-40-44(43)45(32-17-7-4-8-18-32)48-46(47-40)36-22-14-20-34(30-36)33-19-13-21-35(29-33)38-24-10-9-23-37(38)31-15-5-3-6-16-31/h3-30H,1-2H3. The first-order valence-electron chi connectivity index (χ1n) is 16.9. The average molecular weight is 643 g/mol. The molecule has 0 amide bonds. The van der Waals surface area contributed by atoms with Gasteiger partial charge in [-0.3, -0.25) is 0 Å². The summed E-state index contributed by atoms with van der Waals surface area (Å²) in [7, 11) is -1.85. The van der Waals surface area contributed by atoms with E-state index in [1.54, 1.807) is 0 Å². The van der Waals surface area contributed by atoms with Crippen LogP contribution in [0.3, 0.4) is 0 Å². The highest BCUT2D eigenvalue weighted by atomic mass is 28.3. The number of fused-ring (bicyclic) bond motifs is 5. The molecule has 2 heterocycles. The summed E-state index contributed by atoms with van der Waals surface area (Å²) >= 11 is 0. The van der Waals surface area contributed by atoms with Crippen molar-refractivity contribution in [3.8, 4) is 67.2 Å². The van der Waals surface area contributed by atoms with Crippen molar-refractivity contribution in [1.29, 1.82) is 0 Å². The highest BCUT2D eigenvalue weighted by molar-refractivity contribution is 7.04. The van der Waals surface area contributed by atoms with Crippen LogP contribution in [0.15, 0.2) is 170 Å². The van der Waals surface area contributed by atoms with Crippen molar-refractivity contribution < 1.29 is 0 Å². The highest BCUT2D eigenvalue weighted by Gasteiger charge is 2.39. The van der Waals surface area contributed by atoms with Crippen molar-refractivity contribution in [3.63, 3.8) is 0 Å². The topological polar surface area (TPSA) is 25.8 Å². The molecule has 0 unspecified atom stereocenters. The molecule has 49 heavy (non-hydrogen) atoms. The van der Waals surface area contributed by atoms with Crippen molar-refractivity contribution >= 4 is 29.4 Å². The molecule has 0 aliphatic carbocycles. The maximum Gasteiger partial charge on any atom is 0.160 e. The first-order valence-corrected chi connectivity index (χ1v) is 19.9. The minimum Gasteiger partial charge on any atom is -0.228 e. The summed E-state index contributed by atoms with van der Waals surface area (Å²) in [5, 5.41) is 4.10. The fourth-order valence-electron chi connectivity index (χ4n) is 7.66. The third kappa shape index (κ3) is 4.94. The lowest BCUT2D eigenvalue weighted by Gasteiger charge is -2.19. The fourth-order valence-corrected chi connectivity index (χ4v) is 10.7. The lowest BCUT2D eigenvalue weighted by molar-refractivity contribution is 1.23. The molecule has 0 N–H and O–H groups in total. The molecule has 1 aromatic heterocycles. The Hall–Kier alpha value is -5.90. The van der Waals surface area contributed by atoms with Gasteiger partial charge in [0.15, 0.2) is 5.82 Å². The van der Waals surface area contributed by atoms with Gasteiger partial charge in [-0.05, 0) is 73.1 Å². The molecule has 1 aliphatic heterocycles. The van der Waals surface area contributed by atoms with Gasteiger partial charge in [0.1, 0.15) is 8.07 Å². The molecule has 232 valence electrons. The second-order valence-electron chi connectivity index (χ2n) is 13.4. The van der Waals surface area contributed by atoms with Crippen molar-refractivity contribution in [2.45, 2.75) is 13.1 Å². The van der Waals surface area contributed by atoms with Gasteiger partial charge in [0.05, 0.1) is 11.2 Å². The van der Waals surface area contributed by atoms with E-state index in [0.717, 1.165) is 44.7 Å². The number of aromatic nitrogens is 2. The van der Waals surface area contributed by atoms with E-state index in [-0.39, 0.29) is 0 Å². The molecular weight excluding hydrogens is 609 g/mol. The molecule has 0 fully saturated rings. The Morgan fingerprint density at radius 1 is 0.388 bits per heavy atom. The van der Waals surface area contributed by atoms with Crippen LogP contribution >= 0.6 is 0 Å². The summed E-state index contributed by atoms with van der Waals surface area (Å²) in [6.07, 6.45) is 0. The van der Waals surface area contributed by atoms with Gasteiger partial charge in [-0.25, -0.2) is 9.97 Å². The zero-order chi connectivity index (χ0) is 33.0. The molecule has 9 rings (SSSR count). The quantitative estimate of drug-likeness (QED) is 0.175. The van der Waals surface area contributed by atoms with Gasteiger partial charge in [0.2, 0.25) is 0 Å². The summed E-state index contributed by atoms with van der Waals surface area (Å²) in [4.78, 5) is 10.7. The van der Waals surface area contributed by atoms with E-state index in [1.807, 2.05) is 0 Å². The number of hydrogen-bond donors (Lipinski definition) is 0. The van der Waals surface area contributed by atoms with Gasteiger partial charge in [-0.15, -0.1) is 0 Å². The average Bonchev–Trinajstić information content (AvgIpc) is 3.41. The SMILES string of the molecule is C[Si]1(C)c2ccccc2-c2c1ccc1nc(-c3cccc(-c4cccc(-c5ccccc5-c5ccccc5)c4)c3)nc(-c3ccccc3)c21. The molecule has 0 bridgehead atoms. The molecule has 0 saturated carbocycles. The van der Waals surface area contributed by atoms with Crippen LogP contribution in [-0.2, 0) is 0 Å². The Balaban J connectivity index is 1.19. The van der Waals surface area contributed by atoms with Gasteiger partial charge in [0, 0.05) is 16.5 Å². The van der Waals surface area contributed by atoms with Gasteiger partial charge in [-0.2, -0.15) is 0 Å². The van der Waals surface area contributed by atoms with Crippen molar-refractivity contribution in [2.75, 3.05) is 0 Å². The predicted octanol–water partition coefficient (Wildman–Crippen LogP) is 10.8. The lowest BCUT2D eigenvalue weighted by Crippen LogP contribution is -2.49. The first kappa shape index (κ1) is 29.3. The minimum atomic E-state index is -1.85. The minimum absolute atomic E-state index is 0.738. The van der Waals surface area contributed by atoms with E-state index in [4.69, 9.17) is 9.97 Å². The molecule has 2 nitrogen and oxygen atoms in total. The largest absolute Gasteiger partial charge is 0.228 e. The first-order chi connectivity index (χ1) is 24.1. The summed E-state index contributed by atoms with van der Waals surface area (Å²) < 4.78 is 0. The second kappa shape index (κ2) is 11.7. The van der Waals surface area contributed by atoms with Gasteiger partial charge >= 0.3 is 0 Å². The summed E-state index contributed by atoms with van der Waals surface area (Å²) in [6, 6.07) is 60.9. The maximum atomic E-state index is 5.39. The smallest absolute Gasteiger partial charge is 0.160 e. The van der Waals surface area contributed by atoms with E-state index >= 15 is 0 Å². The Morgan fingerprint density at radius 2 is 0.918 bits per heavy atom. The van der Waals surface area contributed by atoms with Gasteiger partial charge < -0.3 is 0 Å². The monoisotopic (exact) mass is 642 g/mol. The van der Waals surface area contributed by atoms with E-state index in [9.17, 15) is 0 Å². The third-order valence-electron chi connectivity index (χ3n) is 10.1. The van der Waals surface area contributed by atoms with E-state index in [0.29, 0.717) is 0 Å². The fraction of sp³-hybridized carbons (Fsp3) is 0.0435. The van der Waals surface area contributed by atoms with Crippen LogP contribution in [0.2, 0.25) is 13.1 Å². The van der Waals surface area contributed by atoms with Crippen LogP contribution in [0.1, 0.15) is 0 Å². The predicted molar refractivity (Wildman–Crippen MR) is 209 cm³/mol. The van der Waals surface area contributed by atoms with Crippen LogP contribution in [-0.4, -0.2) is 18.0 Å². The zero-order valence-corrected chi connectivity index (χ0v) is 28.6. The Bertz CT molecular complexity index is 2520.